The van der Waals surface area contributed by atoms with Gasteiger partial charge in [-0.3, -0.25) is 0 Å². The van der Waals surface area contributed by atoms with Gasteiger partial charge in [0.1, 0.15) is 5.60 Å². The van der Waals surface area contributed by atoms with Crippen LogP contribution in [0.25, 0.3) is 0 Å². The van der Waals surface area contributed by atoms with Gasteiger partial charge < -0.3 is 22.0 Å². The number of piperidine rings is 3. The van der Waals surface area contributed by atoms with Crippen molar-refractivity contribution in [2.75, 3.05) is 26.2 Å². The van der Waals surface area contributed by atoms with E-state index in [4.69, 9.17) is 0 Å². The van der Waals surface area contributed by atoms with E-state index in [2.05, 4.69) is 67.6 Å². The Bertz CT molecular complexity index is 792. The average Bonchev–Trinajstić information content (AvgIpc) is 2.91. The van der Waals surface area contributed by atoms with Gasteiger partial charge in [-0.05, 0) is 29.9 Å². The van der Waals surface area contributed by atoms with Crippen molar-refractivity contribution in [1.82, 2.24) is 0 Å². The molecule has 3 saturated heterocycles. The Morgan fingerprint density at radius 3 is 1.66 bits per heavy atom. The number of quaternary nitrogens is 1. The van der Waals surface area contributed by atoms with Gasteiger partial charge in [0.25, 0.3) is 0 Å². The molecule has 3 fully saturated rings. The minimum absolute atomic E-state index is 0. The largest absolute Gasteiger partial charge is 1.00 e. The van der Waals surface area contributed by atoms with E-state index in [-0.39, 0.29) is 12.4 Å². The maximum Gasteiger partial charge on any atom is 0.123 e. The Kier molecular flexibility index (Phi) is 11.1. The van der Waals surface area contributed by atoms with Crippen molar-refractivity contribution < 1.29 is 22.0 Å². The van der Waals surface area contributed by atoms with Crippen molar-refractivity contribution in [3.05, 3.63) is 71.8 Å². The molecule has 3 heteroatoms. The summed E-state index contributed by atoms with van der Waals surface area (Å²) in [6.45, 7) is 7.36. The first-order chi connectivity index (χ1) is 16.7. The third kappa shape index (κ3) is 6.90. The summed E-state index contributed by atoms with van der Waals surface area (Å²) in [5, 5.41) is 12.5. The van der Waals surface area contributed by atoms with Crippen LogP contribution >= 0.6 is 0 Å². The Morgan fingerprint density at radius 2 is 1.17 bits per heavy atom. The minimum atomic E-state index is -0.894. The summed E-state index contributed by atoms with van der Waals surface area (Å²) in [5.41, 5.74) is 1.24. The molecule has 1 atom stereocenters. The third-order valence-corrected chi connectivity index (χ3v) is 9.05. The van der Waals surface area contributed by atoms with Crippen LogP contribution in [0.5, 0.6) is 0 Å². The average molecular weight is 498 g/mol. The van der Waals surface area contributed by atoms with Crippen LogP contribution in [0.3, 0.4) is 0 Å². The monoisotopic (exact) mass is 497 g/mol. The first kappa shape index (κ1) is 28.2. The molecule has 3 aliphatic heterocycles. The molecule has 194 valence electrons. The van der Waals surface area contributed by atoms with E-state index in [1.165, 1.54) is 101 Å². The predicted octanol–water partition coefficient (Wildman–Crippen LogP) is 4.70. The number of unbranched alkanes of at least 4 members (excludes halogenated alkanes) is 9. The number of hydrogen-bond donors (Lipinski definition) is 1. The lowest BCUT2D eigenvalue weighted by Crippen LogP contribution is -3.00. The van der Waals surface area contributed by atoms with Crippen molar-refractivity contribution in [1.29, 1.82) is 0 Å². The zero-order valence-electron chi connectivity index (χ0n) is 22.0. The molecular weight excluding hydrogens is 450 g/mol. The molecule has 3 heterocycles. The second kappa shape index (κ2) is 13.8. The molecule has 2 aromatic rings. The fourth-order valence-corrected chi connectivity index (χ4v) is 6.99. The maximum absolute atomic E-state index is 12.5. The normalized spacial score (nSPS) is 23.7. The van der Waals surface area contributed by atoms with Crippen LogP contribution in [0.4, 0.5) is 0 Å². The van der Waals surface area contributed by atoms with Gasteiger partial charge in [0, 0.05) is 18.8 Å². The zero-order chi connectivity index (χ0) is 23.7. The van der Waals surface area contributed by atoms with Crippen LogP contribution in [-0.4, -0.2) is 35.8 Å². The molecule has 1 unspecified atom stereocenters. The fraction of sp³-hybridized carbons (Fsp3) is 0.625. The van der Waals surface area contributed by atoms with Crippen molar-refractivity contribution in [2.24, 2.45) is 11.8 Å². The molecule has 0 amide bonds. The standard InChI is InChI=1S/C32H48NO.ClH/c1-2-3-4-5-6-7-8-9-10-17-24-33-25-22-28(23-26-33)31(27-33)32(34,29-18-13-11-14-19-29)30-20-15-12-16-21-30;/h11-16,18-21,28,31,34H,2-10,17,22-27H2,1H3;1H/q+1;/p-1. The van der Waals surface area contributed by atoms with Gasteiger partial charge in [0.05, 0.1) is 26.2 Å². The first-order valence-electron chi connectivity index (χ1n) is 14.4. The summed E-state index contributed by atoms with van der Waals surface area (Å²) < 4.78 is 1.24. The van der Waals surface area contributed by atoms with E-state index in [9.17, 15) is 5.11 Å². The summed E-state index contributed by atoms with van der Waals surface area (Å²) in [7, 11) is 0. The highest BCUT2D eigenvalue weighted by Crippen LogP contribution is 2.49. The number of rotatable bonds is 14. The molecule has 0 aliphatic carbocycles. The van der Waals surface area contributed by atoms with Crippen LogP contribution in [0.1, 0.15) is 95.1 Å². The van der Waals surface area contributed by atoms with Crippen LogP contribution < -0.4 is 12.4 Å². The number of fused-ring (bicyclic) bond motifs is 3. The molecule has 0 aromatic heterocycles. The van der Waals surface area contributed by atoms with Crippen molar-refractivity contribution >= 4 is 0 Å². The van der Waals surface area contributed by atoms with Crippen molar-refractivity contribution in [3.63, 3.8) is 0 Å². The lowest BCUT2D eigenvalue weighted by molar-refractivity contribution is -0.948. The molecule has 1 N–H and O–H groups in total. The molecular formula is C32H48ClNO. The van der Waals surface area contributed by atoms with Gasteiger partial charge in [-0.1, -0.05) is 119 Å². The van der Waals surface area contributed by atoms with Gasteiger partial charge in [-0.15, -0.1) is 0 Å². The van der Waals surface area contributed by atoms with E-state index in [1.807, 2.05) is 0 Å². The number of aliphatic hydroxyl groups is 1. The highest BCUT2D eigenvalue weighted by atomic mass is 35.5. The predicted molar refractivity (Wildman–Crippen MR) is 144 cm³/mol. The van der Waals surface area contributed by atoms with Crippen LogP contribution in [0, 0.1) is 11.8 Å². The molecule has 2 aromatic carbocycles. The summed E-state index contributed by atoms with van der Waals surface area (Å²) in [6, 6.07) is 21.0. The summed E-state index contributed by atoms with van der Waals surface area (Å²) >= 11 is 0. The molecule has 35 heavy (non-hydrogen) atoms. The molecule has 5 rings (SSSR count). The Morgan fingerprint density at radius 1 is 0.714 bits per heavy atom. The van der Waals surface area contributed by atoms with Gasteiger partial charge in [-0.2, -0.15) is 0 Å². The minimum Gasteiger partial charge on any atom is -1.00 e. The Balaban J connectivity index is 0.00000342. The first-order valence-corrected chi connectivity index (χ1v) is 14.4. The lowest BCUT2D eigenvalue weighted by atomic mass is 9.64. The third-order valence-electron chi connectivity index (χ3n) is 9.05. The summed E-state index contributed by atoms with van der Waals surface area (Å²) in [6.07, 6.45) is 16.5. The number of halogens is 1. The van der Waals surface area contributed by atoms with Crippen LogP contribution in [0.2, 0.25) is 0 Å². The second-order valence-corrected chi connectivity index (χ2v) is 11.3. The molecule has 3 aliphatic rings. The van der Waals surface area contributed by atoms with Gasteiger partial charge >= 0.3 is 0 Å². The van der Waals surface area contributed by atoms with E-state index >= 15 is 0 Å². The van der Waals surface area contributed by atoms with E-state index in [1.54, 1.807) is 0 Å². The van der Waals surface area contributed by atoms with Gasteiger partial charge in [0.15, 0.2) is 0 Å². The van der Waals surface area contributed by atoms with Gasteiger partial charge in [0.2, 0.25) is 0 Å². The smallest absolute Gasteiger partial charge is 0.123 e. The summed E-state index contributed by atoms with van der Waals surface area (Å²) in [5.74, 6) is 0.918. The molecule has 2 bridgehead atoms. The van der Waals surface area contributed by atoms with E-state index in [0.29, 0.717) is 11.8 Å². The number of nitrogens with zero attached hydrogens (tertiary/aromatic N) is 1. The van der Waals surface area contributed by atoms with E-state index < -0.39 is 5.60 Å². The SMILES string of the molecule is CCCCCCCCCCCC[N+]12CCC(CC1)C(C(O)(c1ccccc1)c1ccccc1)C2.[Cl-]. The molecule has 0 radical (unpaired) electrons. The lowest BCUT2D eigenvalue weighted by Gasteiger charge is -2.56. The fourth-order valence-electron chi connectivity index (χ4n) is 6.99. The molecule has 0 saturated carbocycles. The van der Waals surface area contributed by atoms with E-state index in [0.717, 1.165) is 17.7 Å². The van der Waals surface area contributed by atoms with Crippen molar-refractivity contribution in [3.8, 4) is 0 Å². The quantitative estimate of drug-likeness (QED) is 0.296. The van der Waals surface area contributed by atoms with Gasteiger partial charge in [-0.25, -0.2) is 0 Å². The highest BCUT2D eigenvalue weighted by molar-refractivity contribution is 5.37. The van der Waals surface area contributed by atoms with Crippen LogP contribution in [0.15, 0.2) is 60.7 Å². The Labute approximate surface area is 221 Å². The van der Waals surface area contributed by atoms with Crippen LogP contribution in [-0.2, 0) is 5.60 Å². The Hall–Kier alpha value is -1.35. The molecule has 0 spiro atoms. The van der Waals surface area contributed by atoms with Crippen molar-refractivity contribution in [2.45, 2.75) is 89.6 Å². The second-order valence-electron chi connectivity index (χ2n) is 11.3. The summed E-state index contributed by atoms with van der Waals surface area (Å²) in [4.78, 5) is 0. The highest BCUT2D eigenvalue weighted by Gasteiger charge is 2.54. The maximum atomic E-state index is 12.5. The number of benzene rings is 2. The molecule has 2 nitrogen and oxygen atoms in total. The topological polar surface area (TPSA) is 20.2 Å². The number of hydrogen-bond acceptors (Lipinski definition) is 1. The zero-order valence-corrected chi connectivity index (χ0v) is 22.8.